The summed E-state index contributed by atoms with van der Waals surface area (Å²) in [5.41, 5.74) is -5.24. The molecule has 0 aromatic rings. The maximum absolute atomic E-state index is 12.6. The van der Waals surface area contributed by atoms with E-state index in [0.717, 1.165) is 39.4 Å². The molecule has 164 valence electrons. The highest BCUT2D eigenvalue weighted by Gasteiger charge is 2.50. The van der Waals surface area contributed by atoms with Gasteiger partial charge in [0.25, 0.3) is 0 Å². The van der Waals surface area contributed by atoms with Crippen LogP contribution in [0.15, 0.2) is 4.99 Å². The average Bonchev–Trinajstić information content (AvgIpc) is 2.66. The quantitative estimate of drug-likeness (QED) is 0.451. The van der Waals surface area contributed by atoms with Crippen LogP contribution in [0.5, 0.6) is 0 Å². The molecular weight excluding hydrogens is 399 g/mol. The maximum Gasteiger partial charge on any atom is 0.511 e. The van der Waals surface area contributed by atoms with Gasteiger partial charge in [-0.3, -0.25) is 9.89 Å². The van der Waals surface area contributed by atoms with Crippen LogP contribution in [0.1, 0.15) is 19.8 Å². The molecule has 0 spiro atoms. The van der Waals surface area contributed by atoms with Gasteiger partial charge in [0.05, 0.1) is 13.2 Å². The monoisotopic (exact) mass is 429 g/mol. The number of halogens is 3. The van der Waals surface area contributed by atoms with E-state index in [2.05, 4.69) is 20.5 Å². The number of rotatable bonds is 7. The molecule has 2 aliphatic heterocycles. The molecule has 0 saturated carbocycles. The second-order valence-electron chi connectivity index (χ2n) is 6.89. The molecular formula is C16H30F3N5O3S. The predicted molar refractivity (Wildman–Crippen MR) is 101 cm³/mol. The first-order chi connectivity index (χ1) is 13.2. The van der Waals surface area contributed by atoms with E-state index in [1.54, 1.807) is 0 Å². The normalized spacial score (nSPS) is 21.6. The van der Waals surface area contributed by atoms with Crippen molar-refractivity contribution in [2.75, 3.05) is 65.6 Å². The van der Waals surface area contributed by atoms with E-state index in [-0.39, 0.29) is 19.0 Å². The molecule has 0 atom stereocenters. The highest BCUT2D eigenvalue weighted by atomic mass is 32.2. The number of nitrogens with one attached hydrogen (secondary N) is 2. The number of piperidine rings is 1. The molecule has 0 unspecified atom stereocenters. The van der Waals surface area contributed by atoms with Crippen LogP contribution in [-0.2, 0) is 14.8 Å². The maximum atomic E-state index is 12.6. The zero-order valence-electron chi connectivity index (χ0n) is 16.2. The lowest BCUT2D eigenvalue weighted by Crippen LogP contribution is -2.46. The third-order valence-corrected chi connectivity index (χ3v) is 6.51. The zero-order chi connectivity index (χ0) is 20.6. The van der Waals surface area contributed by atoms with Crippen molar-refractivity contribution in [1.29, 1.82) is 0 Å². The van der Waals surface area contributed by atoms with Gasteiger partial charge in [-0.1, -0.05) is 0 Å². The molecule has 2 aliphatic rings. The molecule has 0 aliphatic carbocycles. The summed E-state index contributed by atoms with van der Waals surface area (Å²) in [6.45, 7) is 7.79. The van der Waals surface area contributed by atoms with Gasteiger partial charge >= 0.3 is 15.5 Å². The molecule has 8 nitrogen and oxygen atoms in total. The summed E-state index contributed by atoms with van der Waals surface area (Å²) >= 11 is 0. The number of hydrogen-bond donors (Lipinski definition) is 2. The van der Waals surface area contributed by atoms with Crippen molar-refractivity contribution in [1.82, 2.24) is 19.8 Å². The molecule has 2 rings (SSSR count). The number of nitrogens with zero attached hydrogens (tertiary/aromatic N) is 3. The summed E-state index contributed by atoms with van der Waals surface area (Å²) < 4.78 is 66.6. The van der Waals surface area contributed by atoms with E-state index in [9.17, 15) is 21.6 Å². The summed E-state index contributed by atoms with van der Waals surface area (Å²) in [5, 5.41) is 6.42. The Morgan fingerprint density at radius 1 is 1.14 bits per heavy atom. The van der Waals surface area contributed by atoms with Crippen LogP contribution < -0.4 is 10.6 Å². The van der Waals surface area contributed by atoms with Crippen molar-refractivity contribution < 1.29 is 26.3 Å². The molecule has 0 aromatic heterocycles. The van der Waals surface area contributed by atoms with E-state index in [4.69, 9.17) is 4.74 Å². The van der Waals surface area contributed by atoms with Crippen LogP contribution >= 0.6 is 0 Å². The molecule has 12 heteroatoms. The van der Waals surface area contributed by atoms with Crippen molar-refractivity contribution in [3.05, 3.63) is 0 Å². The van der Waals surface area contributed by atoms with Crippen LogP contribution in [0.2, 0.25) is 0 Å². The number of guanidine groups is 1. The second kappa shape index (κ2) is 10.6. The average molecular weight is 430 g/mol. The van der Waals surface area contributed by atoms with Gasteiger partial charge in [-0.2, -0.15) is 17.5 Å². The van der Waals surface area contributed by atoms with Gasteiger partial charge in [0.2, 0.25) is 0 Å². The van der Waals surface area contributed by atoms with Crippen molar-refractivity contribution in [2.45, 2.75) is 25.3 Å². The van der Waals surface area contributed by atoms with Crippen LogP contribution in [-0.4, -0.2) is 94.7 Å². The lowest BCUT2D eigenvalue weighted by molar-refractivity contribution is -0.0496. The summed E-state index contributed by atoms with van der Waals surface area (Å²) in [6.07, 6.45) is 0.734. The summed E-state index contributed by atoms with van der Waals surface area (Å²) in [4.78, 5) is 6.82. The number of ether oxygens (including phenoxy) is 1. The van der Waals surface area contributed by atoms with Crippen molar-refractivity contribution >= 4 is 16.0 Å². The first kappa shape index (κ1) is 23.2. The number of alkyl halides is 3. The molecule has 2 fully saturated rings. The fraction of sp³-hybridized carbons (Fsp3) is 0.938. The van der Waals surface area contributed by atoms with Crippen molar-refractivity contribution in [2.24, 2.45) is 10.9 Å². The van der Waals surface area contributed by atoms with Crippen LogP contribution in [0.25, 0.3) is 0 Å². The Balaban J connectivity index is 1.77. The molecule has 2 heterocycles. The fourth-order valence-corrected chi connectivity index (χ4v) is 4.18. The number of aliphatic imine (C=N–C) groups is 1. The first-order valence-electron chi connectivity index (χ1n) is 9.62. The minimum Gasteiger partial charge on any atom is -0.379 e. The molecule has 2 saturated heterocycles. The second-order valence-corrected chi connectivity index (χ2v) is 8.82. The standard InChI is InChI=1S/C16H30F3N5O3S/c1-2-20-15(21-5-8-23-9-11-27-12-10-23)22-13-14-3-6-24(7-4-14)28(25,26)16(17,18)19/h14H,2-13H2,1H3,(H2,20,21,22). The third-order valence-electron chi connectivity index (χ3n) is 4.88. The van der Waals surface area contributed by atoms with Crippen molar-refractivity contribution in [3.63, 3.8) is 0 Å². The molecule has 28 heavy (non-hydrogen) atoms. The third kappa shape index (κ3) is 6.75. The lowest BCUT2D eigenvalue weighted by Gasteiger charge is -2.31. The van der Waals surface area contributed by atoms with Gasteiger partial charge in [-0.05, 0) is 25.7 Å². The summed E-state index contributed by atoms with van der Waals surface area (Å²) in [7, 11) is -5.23. The van der Waals surface area contributed by atoms with Gasteiger partial charge in [0.1, 0.15) is 0 Å². The van der Waals surface area contributed by atoms with Crippen molar-refractivity contribution in [3.8, 4) is 0 Å². The van der Waals surface area contributed by atoms with Crippen LogP contribution in [0.4, 0.5) is 13.2 Å². The predicted octanol–water partition coefficient (Wildman–Crippen LogP) is 0.435. The highest BCUT2D eigenvalue weighted by molar-refractivity contribution is 7.90. The van der Waals surface area contributed by atoms with Gasteiger partial charge < -0.3 is 15.4 Å². The topological polar surface area (TPSA) is 86.3 Å². The molecule has 0 amide bonds. The number of morpholine rings is 1. The van der Waals surface area contributed by atoms with Gasteiger partial charge in [-0.15, -0.1) is 0 Å². The smallest absolute Gasteiger partial charge is 0.379 e. The van der Waals surface area contributed by atoms with E-state index >= 15 is 0 Å². The first-order valence-corrected chi connectivity index (χ1v) is 11.1. The minimum absolute atomic E-state index is 0.0642. The van der Waals surface area contributed by atoms with Crippen LogP contribution in [0, 0.1) is 5.92 Å². The largest absolute Gasteiger partial charge is 0.511 e. The van der Waals surface area contributed by atoms with Gasteiger partial charge in [0.15, 0.2) is 5.96 Å². The Labute approximate surface area is 164 Å². The Morgan fingerprint density at radius 2 is 1.79 bits per heavy atom. The zero-order valence-corrected chi connectivity index (χ0v) is 17.0. The Hall–Kier alpha value is -1.11. The van der Waals surface area contributed by atoms with Gasteiger partial charge in [-0.25, -0.2) is 8.42 Å². The van der Waals surface area contributed by atoms with E-state index in [1.807, 2.05) is 6.92 Å². The molecule has 2 N–H and O–H groups in total. The molecule has 0 radical (unpaired) electrons. The van der Waals surface area contributed by atoms with E-state index < -0.39 is 15.5 Å². The Bertz CT molecular complexity index is 601. The summed E-state index contributed by atoms with van der Waals surface area (Å²) in [6, 6.07) is 0. The number of hydrogen-bond acceptors (Lipinski definition) is 5. The summed E-state index contributed by atoms with van der Waals surface area (Å²) in [5.74, 6) is 0.732. The van der Waals surface area contributed by atoms with Gasteiger partial charge in [0, 0.05) is 52.4 Å². The molecule has 0 aromatic carbocycles. The minimum atomic E-state index is -5.24. The fourth-order valence-electron chi connectivity index (χ4n) is 3.20. The lowest BCUT2D eigenvalue weighted by atomic mass is 9.98. The van der Waals surface area contributed by atoms with Crippen LogP contribution in [0.3, 0.4) is 0 Å². The van der Waals surface area contributed by atoms with E-state index in [1.165, 1.54) is 0 Å². The van der Waals surface area contributed by atoms with E-state index in [0.29, 0.717) is 36.2 Å². The Kier molecular flexibility index (Phi) is 8.78. The molecule has 0 bridgehead atoms. The number of sulfonamides is 1. The Morgan fingerprint density at radius 3 is 2.36 bits per heavy atom. The SMILES string of the molecule is CCNC(=NCC1CCN(S(=O)(=O)C(F)(F)F)CC1)NCCN1CCOCC1. The highest BCUT2D eigenvalue weighted by Crippen LogP contribution is 2.30.